The van der Waals surface area contributed by atoms with E-state index < -0.39 is 0 Å². The van der Waals surface area contributed by atoms with Crippen LogP contribution < -0.4 is 0 Å². The highest BCUT2D eigenvalue weighted by molar-refractivity contribution is 7.17. The van der Waals surface area contributed by atoms with Crippen molar-refractivity contribution in [2.24, 2.45) is 0 Å². The molecule has 0 amide bonds. The van der Waals surface area contributed by atoms with E-state index in [1.54, 1.807) is 11.3 Å². The fourth-order valence-corrected chi connectivity index (χ4v) is 5.49. The maximum atomic E-state index is 5.09. The van der Waals surface area contributed by atoms with Crippen LogP contribution in [0.25, 0.3) is 60.4 Å². The highest BCUT2D eigenvalue weighted by Gasteiger charge is 2.17. The van der Waals surface area contributed by atoms with Crippen LogP contribution in [0.5, 0.6) is 0 Å². The van der Waals surface area contributed by atoms with Crippen molar-refractivity contribution in [3.63, 3.8) is 0 Å². The number of benzene rings is 4. The van der Waals surface area contributed by atoms with E-state index in [4.69, 9.17) is 9.97 Å². The number of hydrogen-bond donors (Lipinski definition) is 0. The van der Waals surface area contributed by atoms with Gasteiger partial charge in [0.1, 0.15) is 0 Å². The Balaban J connectivity index is 1.59. The molecule has 4 aromatic carbocycles. The van der Waals surface area contributed by atoms with Crippen molar-refractivity contribution in [3.8, 4) is 28.5 Å². The fraction of sp³-hybridized carbons (Fsp3) is 0. The van der Waals surface area contributed by atoms with Crippen molar-refractivity contribution < 1.29 is 0 Å². The second-order valence-corrected chi connectivity index (χ2v) is 9.30. The summed E-state index contributed by atoms with van der Waals surface area (Å²) in [6, 6.07) is 38.0. The first-order valence-corrected chi connectivity index (χ1v) is 12.1. The van der Waals surface area contributed by atoms with E-state index in [-0.39, 0.29) is 0 Å². The first-order chi connectivity index (χ1) is 16.8. The van der Waals surface area contributed by atoms with Gasteiger partial charge in [-0.25, -0.2) is 9.97 Å². The minimum Gasteiger partial charge on any atom is -0.278 e. The number of thiophene rings is 1. The Labute approximate surface area is 200 Å². The van der Waals surface area contributed by atoms with Crippen LogP contribution >= 0.6 is 11.3 Å². The molecule has 0 aliphatic heterocycles. The molecule has 7 aromatic rings. The molecular weight excluding hydrogens is 434 g/mol. The standard InChI is InChI=1S/C30H19N3S/c1-3-9-20(10-4-1)25-18-26(21-11-5-2-6-12-21)32-30(31-25)33-27-14-8-7-13-23(27)24-17-22-15-16-34-29(22)19-28(24)33/h1-19H. The van der Waals surface area contributed by atoms with Crippen LogP contribution in [-0.4, -0.2) is 14.5 Å². The lowest BCUT2D eigenvalue weighted by molar-refractivity contribution is 0.996. The monoisotopic (exact) mass is 453 g/mol. The molecule has 160 valence electrons. The van der Waals surface area contributed by atoms with E-state index >= 15 is 0 Å². The third-order valence-corrected chi connectivity index (χ3v) is 7.18. The van der Waals surface area contributed by atoms with Crippen molar-refractivity contribution in [3.05, 3.63) is 115 Å². The summed E-state index contributed by atoms with van der Waals surface area (Å²) in [5.74, 6) is 0.683. The molecule has 7 rings (SSSR count). The molecule has 0 atom stereocenters. The Hall–Kier alpha value is -4.28. The van der Waals surface area contributed by atoms with Crippen molar-refractivity contribution in [1.29, 1.82) is 0 Å². The van der Waals surface area contributed by atoms with Crippen molar-refractivity contribution >= 4 is 43.2 Å². The fourth-order valence-electron chi connectivity index (χ4n) is 4.69. The van der Waals surface area contributed by atoms with Crippen LogP contribution in [0.4, 0.5) is 0 Å². The maximum Gasteiger partial charge on any atom is 0.235 e. The Morgan fingerprint density at radius 3 is 1.91 bits per heavy atom. The van der Waals surface area contributed by atoms with Crippen LogP contribution in [0.15, 0.2) is 115 Å². The molecule has 3 nitrogen and oxygen atoms in total. The van der Waals surface area contributed by atoms with Crippen molar-refractivity contribution in [1.82, 2.24) is 14.5 Å². The molecule has 4 heteroatoms. The summed E-state index contributed by atoms with van der Waals surface area (Å²) in [6.07, 6.45) is 0. The second kappa shape index (κ2) is 7.65. The van der Waals surface area contributed by atoms with Gasteiger partial charge in [0.2, 0.25) is 5.95 Å². The topological polar surface area (TPSA) is 30.7 Å². The van der Waals surface area contributed by atoms with Crippen LogP contribution in [-0.2, 0) is 0 Å². The third kappa shape index (κ3) is 3.04. The number of fused-ring (bicyclic) bond motifs is 4. The van der Waals surface area contributed by atoms with Gasteiger partial charge in [-0.15, -0.1) is 11.3 Å². The van der Waals surface area contributed by atoms with Crippen LogP contribution in [0.2, 0.25) is 0 Å². The SMILES string of the molecule is c1ccc(-c2cc(-c3ccccc3)nc(-n3c4ccccc4c4cc5ccsc5cc43)n2)cc1. The zero-order chi connectivity index (χ0) is 22.5. The summed E-state index contributed by atoms with van der Waals surface area (Å²) >= 11 is 1.76. The smallest absolute Gasteiger partial charge is 0.235 e. The van der Waals surface area contributed by atoms with E-state index in [2.05, 4.69) is 82.7 Å². The zero-order valence-electron chi connectivity index (χ0n) is 18.2. The Morgan fingerprint density at radius 2 is 1.21 bits per heavy atom. The van der Waals surface area contributed by atoms with Gasteiger partial charge in [-0.05, 0) is 41.1 Å². The largest absolute Gasteiger partial charge is 0.278 e. The first-order valence-electron chi connectivity index (χ1n) is 11.3. The Morgan fingerprint density at radius 1 is 0.559 bits per heavy atom. The number of para-hydroxylation sites is 1. The van der Waals surface area contributed by atoms with Crippen LogP contribution in [0, 0.1) is 0 Å². The van der Waals surface area contributed by atoms with E-state index in [0.29, 0.717) is 5.95 Å². The van der Waals surface area contributed by atoms with Crippen molar-refractivity contribution in [2.75, 3.05) is 0 Å². The summed E-state index contributed by atoms with van der Waals surface area (Å²) in [6.45, 7) is 0. The molecule has 0 saturated carbocycles. The summed E-state index contributed by atoms with van der Waals surface area (Å²) in [7, 11) is 0. The predicted octanol–water partition coefficient (Wildman–Crippen LogP) is 8.12. The van der Waals surface area contributed by atoms with Crippen LogP contribution in [0.3, 0.4) is 0 Å². The maximum absolute atomic E-state index is 5.09. The summed E-state index contributed by atoms with van der Waals surface area (Å²) in [4.78, 5) is 10.2. The molecule has 0 N–H and O–H groups in total. The van der Waals surface area contributed by atoms with E-state index in [9.17, 15) is 0 Å². The van der Waals surface area contributed by atoms with Gasteiger partial charge in [0.25, 0.3) is 0 Å². The normalized spacial score (nSPS) is 11.5. The molecule has 0 aliphatic carbocycles. The van der Waals surface area contributed by atoms with E-state index in [0.717, 1.165) is 33.5 Å². The molecule has 0 bridgehead atoms. The molecule has 0 saturated heterocycles. The highest BCUT2D eigenvalue weighted by atomic mass is 32.1. The summed E-state index contributed by atoms with van der Waals surface area (Å²) < 4.78 is 3.47. The number of rotatable bonds is 3. The molecule has 0 fully saturated rings. The lowest BCUT2D eigenvalue weighted by Crippen LogP contribution is -2.03. The Bertz CT molecular complexity index is 1740. The molecule has 0 spiro atoms. The molecule has 0 aliphatic rings. The third-order valence-electron chi connectivity index (χ3n) is 6.30. The molecule has 3 aromatic heterocycles. The van der Waals surface area contributed by atoms with Gasteiger partial charge in [0.05, 0.1) is 22.4 Å². The lowest BCUT2D eigenvalue weighted by atomic mass is 10.1. The zero-order valence-corrected chi connectivity index (χ0v) is 19.0. The van der Waals surface area contributed by atoms with Gasteiger partial charge in [0.15, 0.2) is 0 Å². The van der Waals surface area contributed by atoms with Gasteiger partial charge in [-0.2, -0.15) is 0 Å². The summed E-state index contributed by atoms with van der Waals surface area (Å²) in [5, 5.41) is 5.84. The number of nitrogens with zero attached hydrogens (tertiary/aromatic N) is 3. The Kier molecular flexibility index (Phi) is 4.32. The number of aromatic nitrogens is 3. The van der Waals surface area contributed by atoms with Crippen LogP contribution in [0.1, 0.15) is 0 Å². The minimum absolute atomic E-state index is 0.683. The first kappa shape index (κ1) is 19.2. The molecule has 34 heavy (non-hydrogen) atoms. The van der Waals surface area contributed by atoms with Gasteiger partial charge >= 0.3 is 0 Å². The highest BCUT2D eigenvalue weighted by Crippen LogP contribution is 2.36. The quantitative estimate of drug-likeness (QED) is 0.270. The average Bonchev–Trinajstić information content (AvgIpc) is 3.50. The van der Waals surface area contributed by atoms with Gasteiger partial charge < -0.3 is 0 Å². The number of hydrogen-bond acceptors (Lipinski definition) is 3. The average molecular weight is 454 g/mol. The predicted molar refractivity (Wildman–Crippen MR) is 143 cm³/mol. The van der Waals surface area contributed by atoms with E-state index in [1.807, 2.05) is 36.4 Å². The molecule has 0 radical (unpaired) electrons. The summed E-state index contributed by atoms with van der Waals surface area (Å²) in [5.41, 5.74) is 6.20. The van der Waals surface area contributed by atoms with E-state index in [1.165, 1.54) is 20.9 Å². The van der Waals surface area contributed by atoms with Gasteiger partial charge in [0, 0.05) is 26.6 Å². The second-order valence-electron chi connectivity index (χ2n) is 8.35. The van der Waals surface area contributed by atoms with Gasteiger partial charge in [-0.1, -0.05) is 78.9 Å². The lowest BCUT2D eigenvalue weighted by Gasteiger charge is -2.11. The van der Waals surface area contributed by atoms with Gasteiger partial charge in [-0.3, -0.25) is 4.57 Å². The van der Waals surface area contributed by atoms with Crippen molar-refractivity contribution in [2.45, 2.75) is 0 Å². The minimum atomic E-state index is 0.683. The molecule has 0 unspecified atom stereocenters. The molecular formula is C30H19N3S. The molecule has 3 heterocycles.